The number of thioether (sulfide) groups is 1. The molecule has 5 rings (SSSR count). The number of nitrogens with one attached hydrogen (secondary N) is 1. The van der Waals surface area contributed by atoms with Crippen LogP contribution in [0.25, 0.3) is 0 Å². The first-order valence-corrected chi connectivity index (χ1v) is 12.0. The molecule has 1 N–H and O–H groups in total. The highest BCUT2D eigenvalue weighted by Crippen LogP contribution is 2.36. The van der Waals surface area contributed by atoms with Crippen LogP contribution in [0.5, 0.6) is 11.5 Å². The lowest BCUT2D eigenvalue weighted by Gasteiger charge is -2.26. The molecule has 1 aliphatic carbocycles. The van der Waals surface area contributed by atoms with Crippen molar-refractivity contribution in [3.8, 4) is 11.5 Å². The lowest BCUT2D eigenvalue weighted by atomic mass is 10.1. The molecule has 0 spiro atoms. The number of nitrogens with zero attached hydrogens (tertiary/aromatic N) is 3. The Morgan fingerprint density at radius 1 is 1.24 bits per heavy atom. The fraction of sp³-hybridized carbons (Fsp3) is 0.320. The van der Waals surface area contributed by atoms with Gasteiger partial charge in [0.1, 0.15) is 6.61 Å². The van der Waals surface area contributed by atoms with Crippen LogP contribution in [0.1, 0.15) is 36.4 Å². The van der Waals surface area contributed by atoms with Gasteiger partial charge in [0.2, 0.25) is 5.91 Å². The standard InChI is InChI=1S/C25H26N4O3S/c1-3-13-29-23(22-15-31-20-9-4-5-10-21(20)32-22)27-28-25(29)33-16(2)24(30)26-19-12-11-17-7-6-8-18(17)14-19/h3-5,9-12,14,16,22H,1,6-8,13,15H2,2H3,(H,26,30)/t16-,22+/m1/s1. The Kier molecular flexibility index (Phi) is 6.09. The molecule has 1 aliphatic heterocycles. The maximum atomic E-state index is 12.9. The Balaban J connectivity index is 1.29. The second-order valence-corrected chi connectivity index (χ2v) is 9.50. The van der Waals surface area contributed by atoms with Gasteiger partial charge >= 0.3 is 0 Å². The zero-order chi connectivity index (χ0) is 22.8. The summed E-state index contributed by atoms with van der Waals surface area (Å²) in [5.41, 5.74) is 3.56. The predicted octanol–water partition coefficient (Wildman–Crippen LogP) is 4.58. The van der Waals surface area contributed by atoms with E-state index in [2.05, 4.69) is 34.2 Å². The number of anilines is 1. The number of para-hydroxylation sites is 2. The zero-order valence-corrected chi connectivity index (χ0v) is 19.3. The monoisotopic (exact) mass is 462 g/mol. The predicted molar refractivity (Wildman–Crippen MR) is 128 cm³/mol. The number of allylic oxidation sites excluding steroid dienone is 1. The maximum absolute atomic E-state index is 12.9. The van der Waals surface area contributed by atoms with Crippen molar-refractivity contribution in [1.29, 1.82) is 0 Å². The van der Waals surface area contributed by atoms with Gasteiger partial charge in [-0.25, -0.2) is 0 Å². The number of hydrogen-bond donors (Lipinski definition) is 1. The van der Waals surface area contributed by atoms with Crippen molar-refractivity contribution in [2.45, 2.75) is 49.2 Å². The van der Waals surface area contributed by atoms with Crippen molar-refractivity contribution in [1.82, 2.24) is 14.8 Å². The highest BCUT2D eigenvalue weighted by molar-refractivity contribution is 8.00. The van der Waals surface area contributed by atoms with Gasteiger partial charge in [0.25, 0.3) is 0 Å². The first-order chi connectivity index (χ1) is 16.1. The van der Waals surface area contributed by atoms with Gasteiger partial charge in [-0.15, -0.1) is 16.8 Å². The topological polar surface area (TPSA) is 78.3 Å². The summed E-state index contributed by atoms with van der Waals surface area (Å²) in [6.45, 7) is 6.58. The van der Waals surface area contributed by atoms with Gasteiger partial charge in [0.05, 0.1) is 5.25 Å². The van der Waals surface area contributed by atoms with Gasteiger partial charge in [-0.2, -0.15) is 0 Å². The SMILES string of the molecule is C=CCn1c(S[C@H](C)C(=O)Nc2ccc3c(c2)CCC3)nnc1[C@@H]1COc2ccccc2O1. The average molecular weight is 463 g/mol. The van der Waals surface area contributed by atoms with Gasteiger partial charge in [-0.3, -0.25) is 9.36 Å². The first-order valence-electron chi connectivity index (χ1n) is 11.1. The number of amides is 1. The third-order valence-electron chi connectivity index (χ3n) is 5.87. The van der Waals surface area contributed by atoms with E-state index in [-0.39, 0.29) is 11.2 Å². The van der Waals surface area contributed by atoms with E-state index in [1.807, 2.05) is 41.8 Å². The van der Waals surface area contributed by atoms with Crippen molar-refractivity contribution in [2.24, 2.45) is 0 Å². The van der Waals surface area contributed by atoms with Gasteiger partial charge in [0.15, 0.2) is 28.6 Å². The third-order valence-corrected chi connectivity index (χ3v) is 6.95. The van der Waals surface area contributed by atoms with E-state index in [9.17, 15) is 4.79 Å². The largest absolute Gasteiger partial charge is 0.485 e. The van der Waals surface area contributed by atoms with Crippen LogP contribution in [-0.2, 0) is 24.2 Å². The lowest BCUT2D eigenvalue weighted by molar-refractivity contribution is -0.115. The third kappa shape index (κ3) is 4.48. The van der Waals surface area contributed by atoms with Gasteiger partial charge < -0.3 is 14.8 Å². The number of aryl methyl sites for hydroxylation is 2. The minimum absolute atomic E-state index is 0.0705. The smallest absolute Gasteiger partial charge is 0.237 e. The fourth-order valence-electron chi connectivity index (χ4n) is 4.18. The summed E-state index contributed by atoms with van der Waals surface area (Å²) in [5, 5.41) is 12.1. The molecule has 7 nitrogen and oxygen atoms in total. The van der Waals surface area contributed by atoms with Crippen molar-refractivity contribution in [2.75, 3.05) is 11.9 Å². The van der Waals surface area contributed by atoms with Crippen molar-refractivity contribution < 1.29 is 14.3 Å². The van der Waals surface area contributed by atoms with Crippen LogP contribution in [0.15, 0.2) is 60.3 Å². The summed E-state index contributed by atoms with van der Waals surface area (Å²) >= 11 is 1.37. The molecule has 2 heterocycles. The van der Waals surface area contributed by atoms with E-state index < -0.39 is 6.10 Å². The molecule has 3 aromatic rings. The molecule has 2 aromatic carbocycles. The molecule has 0 saturated carbocycles. The molecule has 33 heavy (non-hydrogen) atoms. The molecule has 0 bridgehead atoms. The number of aromatic nitrogens is 3. The Hall–Kier alpha value is -3.26. The Morgan fingerprint density at radius 2 is 2.06 bits per heavy atom. The lowest BCUT2D eigenvalue weighted by Crippen LogP contribution is -2.25. The van der Waals surface area contributed by atoms with Crippen molar-refractivity contribution in [3.63, 3.8) is 0 Å². The summed E-state index contributed by atoms with van der Waals surface area (Å²) in [7, 11) is 0. The molecular formula is C25H26N4O3S. The van der Waals surface area contributed by atoms with Crippen LogP contribution < -0.4 is 14.8 Å². The van der Waals surface area contributed by atoms with E-state index in [0.717, 1.165) is 24.3 Å². The molecule has 0 unspecified atom stereocenters. The number of rotatable bonds is 7. The number of carbonyl (C=O) groups excluding carboxylic acids is 1. The molecule has 170 valence electrons. The van der Waals surface area contributed by atoms with Crippen molar-refractivity contribution in [3.05, 3.63) is 72.1 Å². The molecule has 1 aromatic heterocycles. The Labute approximate surface area is 197 Å². The van der Waals surface area contributed by atoms with E-state index in [0.29, 0.717) is 29.9 Å². The van der Waals surface area contributed by atoms with Crippen LogP contribution in [0.3, 0.4) is 0 Å². The van der Waals surface area contributed by atoms with Crippen LogP contribution in [0.2, 0.25) is 0 Å². The molecule has 0 radical (unpaired) electrons. The normalized spacial score (nSPS) is 17.3. The van der Waals surface area contributed by atoms with Crippen LogP contribution in [-0.4, -0.2) is 32.5 Å². The highest BCUT2D eigenvalue weighted by Gasteiger charge is 2.29. The van der Waals surface area contributed by atoms with E-state index >= 15 is 0 Å². The molecule has 0 saturated heterocycles. The number of ether oxygens (including phenoxy) is 2. The highest BCUT2D eigenvalue weighted by atomic mass is 32.2. The Morgan fingerprint density at radius 3 is 2.91 bits per heavy atom. The molecule has 8 heteroatoms. The Bertz CT molecular complexity index is 1190. The fourth-order valence-corrected chi connectivity index (χ4v) is 5.04. The summed E-state index contributed by atoms with van der Waals surface area (Å²) < 4.78 is 13.9. The number of carbonyl (C=O) groups is 1. The molecule has 2 atom stereocenters. The van der Waals surface area contributed by atoms with Crippen molar-refractivity contribution >= 4 is 23.4 Å². The molecular weight excluding hydrogens is 436 g/mol. The summed E-state index contributed by atoms with van der Waals surface area (Å²) in [4.78, 5) is 12.9. The van der Waals surface area contributed by atoms with Crippen LogP contribution in [0.4, 0.5) is 5.69 Å². The minimum atomic E-state index is -0.391. The summed E-state index contributed by atoms with van der Waals surface area (Å²) in [5.74, 6) is 1.98. The zero-order valence-electron chi connectivity index (χ0n) is 18.5. The summed E-state index contributed by atoms with van der Waals surface area (Å²) in [6, 6.07) is 13.8. The number of benzene rings is 2. The maximum Gasteiger partial charge on any atom is 0.237 e. The van der Waals surface area contributed by atoms with Gasteiger partial charge in [0, 0.05) is 12.2 Å². The van der Waals surface area contributed by atoms with E-state index in [1.165, 1.54) is 29.3 Å². The van der Waals surface area contributed by atoms with Gasteiger partial charge in [-0.1, -0.05) is 36.0 Å². The first kappa shape index (κ1) is 21.6. The van der Waals surface area contributed by atoms with Gasteiger partial charge in [-0.05, 0) is 61.6 Å². The average Bonchev–Trinajstić information content (AvgIpc) is 3.46. The second-order valence-electron chi connectivity index (χ2n) is 8.19. The minimum Gasteiger partial charge on any atom is -0.485 e. The number of hydrogen-bond acceptors (Lipinski definition) is 6. The molecule has 1 amide bonds. The molecule has 2 aliphatic rings. The molecule has 0 fully saturated rings. The second kappa shape index (κ2) is 9.31. The quantitative estimate of drug-likeness (QED) is 0.409. The number of fused-ring (bicyclic) bond motifs is 2. The van der Waals surface area contributed by atoms with E-state index in [1.54, 1.807) is 6.08 Å². The van der Waals surface area contributed by atoms with Crippen LogP contribution >= 0.6 is 11.8 Å². The summed E-state index contributed by atoms with van der Waals surface area (Å²) in [6.07, 6.45) is 4.77. The van der Waals surface area contributed by atoms with E-state index in [4.69, 9.17) is 9.47 Å². The van der Waals surface area contributed by atoms with Crippen LogP contribution in [0, 0.1) is 0 Å².